The molecule has 0 bridgehead atoms. The van der Waals surface area contributed by atoms with E-state index in [9.17, 15) is 0 Å². The van der Waals surface area contributed by atoms with Crippen molar-refractivity contribution >= 4 is 27.3 Å². The first-order valence-electron chi connectivity index (χ1n) is 4.46. The second kappa shape index (κ2) is 4.49. The van der Waals surface area contributed by atoms with E-state index in [4.69, 9.17) is 10.3 Å². The maximum Gasteiger partial charge on any atom is 0.0954 e. The van der Waals surface area contributed by atoms with Gasteiger partial charge in [-0.3, -0.25) is 5.84 Å². The smallest absolute Gasteiger partial charge is 0.0954 e. The molecule has 1 unspecified atom stereocenters. The van der Waals surface area contributed by atoms with Crippen LogP contribution in [0.1, 0.15) is 22.0 Å². The third kappa shape index (κ3) is 2.15. The van der Waals surface area contributed by atoms with Crippen molar-refractivity contribution in [2.75, 3.05) is 0 Å². The van der Waals surface area contributed by atoms with Crippen LogP contribution in [0.15, 0.2) is 32.9 Å². The molecule has 0 radical (unpaired) electrons. The van der Waals surface area contributed by atoms with Crippen LogP contribution in [-0.4, -0.2) is 0 Å². The van der Waals surface area contributed by atoms with E-state index in [1.807, 2.05) is 6.07 Å². The van der Waals surface area contributed by atoms with Gasteiger partial charge < -0.3 is 4.42 Å². The van der Waals surface area contributed by atoms with Gasteiger partial charge in [0.15, 0.2) is 0 Å². The van der Waals surface area contributed by atoms with Gasteiger partial charge in [-0.05, 0) is 40.5 Å². The highest BCUT2D eigenvalue weighted by Gasteiger charge is 2.16. The number of nitrogens with two attached hydrogens (primary N) is 1. The quantitative estimate of drug-likeness (QED) is 0.674. The van der Waals surface area contributed by atoms with Crippen molar-refractivity contribution in [3.8, 4) is 0 Å². The zero-order chi connectivity index (χ0) is 10.8. The third-order valence-electron chi connectivity index (χ3n) is 2.20. The van der Waals surface area contributed by atoms with Crippen molar-refractivity contribution in [3.63, 3.8) is 0 Å². The predicted octanol–water partition coefficient (Wildman–Crippen LogP) is 2.96. The molecule has 0 saturated carbocycles. The van der Waals surface area contributed by atoms with Gasteiger partial charge in [0.1, 0.15) is 0 Å². The molecule has 15 heavy (non-hydrogen) atoms. The summed E-state index contributed by atoms with van der Waals surface area (Å²) in [7, 11) is 0. The van der Waals surface area contributed by atoms with E-state index in [1.54, 1.807) is 23.9 Å². The molecule has 0 fully saturated rings. The second-order valence-corrected chi connectivity index (χ2v) is 5.66. The molecule has 0 spiro atoms. The first-order chi connectivity index (χ1) is 7.22. The lowest BCUT2D eigenvalue weighted by Crippen LogP contribution is -2.27. The number of halogens is 1. The van der Waals surface area contributed by atoms with Crippen LogP contribution in [0.2, 0.25) is 0 Å². The molecule has 80 valence electrons. The highest BCUT2D eigenvalue weighted by Crippen LogP contribution is 2.33. The van der Waals surface area contributed by atoms with Crippen molar-refractivity contribution in [2.24, 2.45) is 5.84 Å². The van der Waals surface area contributed by atoms with Crippen molar-refractivity contribution in [1.29, 1.82) is 0 Å². The lowest BCUT2D eigenvalue weighted by molar-refractivity contribution is 0.554. The first kappa shape index (κ1) is 10.9. The molecule has 0 amide bonds. The van der Waals surface area contributed by atoms with Crippen LogP contribution < -0.4 is 11.3 Å². The summed E-state index contributed by atoms with van der Waals surface area (Å²) in [6.07, 6.45) is 3.35. The number of aryl methyl sites for hydroxylation is 1. The molecule has 3 N–H and O–H groups in total. The van der Waals surface area contributed by atoms with E-state index in [2.05, 4.69) is 34.3 Å². The van der Waals surface area contributed by atoms with Crippen LogP contribution in [0, 0.1) is 6.92 Å². The molecule has 2 rings (SSSR count). The average molecular weight is 287 g/mol. The second-order valence-electron chi connectivity index (χ2n) is 3.26. The van der Waals surface area contributed by atoms with Gasteiger partial charge in [-0.15, -0.1) is 11.3 Å². The summed E-state index contributed by atoms with van der Waals surface area (Å²) in [6.45, 7) is 2.06. The van der Waals surface area contributed by atoms with E-state index < -0.39 is 0 Å². The van der Waals surface area contributed by atoms with Gasteiger partial charge in [-0.1, -0.05) is 0 Å². The van der Waals surface area contributed by atoms with Crippen molar-refractivity contribution in [1.82, 2.24) is 5.43 Å². The van der Waals surface area contributed by atoms with Crippen LogP contribution in [-0.2, 0) is 0 Å². The number of hydrazine groups is 1. The number of rotatable bonds is 3. The molecule has 3 nitrogen and oxygen atoms in total. The molecule has 2 heterocycles. The largest absolute Gasteiger partial charge is 0.472 e. The number of furan rings is 1. The van der Waals surface area contributed by atoms with Gasteiger partial charge in [0.25, 0.3) is 0 Å². The van der Waals surface area contributed by atoms with Crippen LogP contribution in [0.4, 0.5) is 0 Å². The minimum atomic E-state index is -0.00116. The zero-order valence-corrected chi connectivity index (χ0v) is 10.6. The third-order valence-corrected chi connectivity index (χ3v) is 4.41. The first-order valence-corrected chi connectivity index (χ1v) is 6.07. The molecule has 1 atom stereocenters. The van der Waals surface area contributed by atoms with E-state index in [0.717, 1.165) is 9.35 Å². The monoisotopic (exact) mass is 286 g/mol. The van der Waals surface area contributed by atoms with Crippen molar-refractivity contribution in [2.45, 2.75) is 13.0 Å². The fourth-order valence-electron chi connectivity index (χ4n) is 1.41. The van der Waals surface area contributed by atoms with Crippen LogP contribution in [0.5, 0.6) is 0 Å². The molecule has 2 aromatic heterocycles. The van der Waals surface area contributed by atoms with Crippen LogP contribution in [0.25, 0.3) is 0 Å². The number of nitrogens with one attached hydrogen (secondary N) is 1. The van der Waals surface area contributed by atoms with Gasteiger partial charge in [0.2, 0.25) is 0 Å². The lowest BCUT2D eigenvalue weighted by Gasteiger charge is -2.11. The minimum absolute atomic E-state index is 0.00116. The molecule has 0 aliphatic rings. The normalized spacial score (nSPS) is 13.0. The van der Waals surface area contributed by atoms with Crippen LogP contribution in [0.3, 0.4) is 0 Å². The number of hydrogen-bond donors (Lipinski definition) is 2. The Labute approximate surface area is 100 Å². The molecular formula is C10H11BrN2OS. The Hall–Kier alpha value is -0.620. The Morgan fingerprint density at radius 2 is 2.40 bits per heavy atom. The van der Waals surface area contributed by atoms with Gasteiger partial charge in [-0.25, -0.2) is 5.43 Å². The zero-order valence-electron chi connectivity index (χ0n) is 8.16. The summed E-state index contributed by atoms with van der Waals surface area (Å²) in [5, 5.41) is 0. The highest BCUT2D eigenvalue weighted by molar-refractivity contribution is 9.11. The molecule has 0 saturated heterocycles. The summed E-state index contributed by atoms with van der Waals surface area (Å²) in [4.78, 5) is 1.17. The van der Waals surface area contributed by atoms with Gasteiger partial charge >= 0.3 is 0 Å². The fraction of sp³-hybridized carbons (Fsp3) is 0.200. The maximum atomic E-state index is 5.56. The van der Waals surface area contributed by atoms with E-state index in [-0.39, 0.29) is 6.04 Å². The topological polar surface area (TPSA) is 51.2 Å². The van der Waals surface area contributed by atoms with Crippen molar-refractivity contribution in [3.05, 3.63) is 44.4 Å². The average Bonchev–Trinajstić information content (AvgIpc) is 2.80. The minimum Gasteiger partial charge on any atom is -0.472 e. The molecular weight excluding hydrogens is 276 g/mol. The summed E-state index contributed by atoms with van der Waals surface area (Å²) in [5.41, 5.74) is 5.05. The van der Waals surface area contributed by atoms with E-state index in [1.165, 1.54) is 10.4 Å². The summed E-state index contributed by atoms with van der Waals surface area (Å²) in [5.74, 6) is 5.56. The molecule has 2 aromatic rings. The SMILES string of the molecule is Cc1cc(C(NN)c2ccoc2)sc1Br. The molecule has 0 aromatic carbocycles. The Morgan fingerprint density at radius 1 is 1.60 bits per heavy atom. The van der Waals surface area contributed by atoms with Crippen LogP contribution >= 0.6 is 27.3 Å². The Balaban J connectivity index is 2.35. The summed E-state index contributed by atoms with van der Waals surface area (Å²) >= 11 is 5.18. The number of thiophene rings is 1. The molecule has 0 aliphatic carbocycles. The lowest BCUT2D eigenvalue weighted by atomic mass is 10.1. The Bertz CT molecular complexity index is 419. The molecule has 5 heteroatoms. The summed E-state index contributed by atoms with van der Waals surface area (Å²) in [6, 6.07) is 4.03. The van der Waals surface area contributed by atoms with Gasteiger partial charge in [0, 0.05) is 10.4 Å². The Morgan fingerprint density at radius 3 is 2.87 bits per heavy atom. The summed E-state index contributed by atoms with van der Waals surface area (Å²) < 4.78 is 6.19. The van der Waals surface area contributed by atoms with Gasteiger partial charge in [-0.2, -0.15) is 0 Å². The molecule has 0 aliphatic heterocycles. The van der Waals surface area contributed by atoms with Gasteiger partial charge in [0.05, 0.1) is 22.4 Å². The predicted molar refractivity (Wildman–Crippen MR) is 64.6 cm³/mol. The van der Waals surface area contributed by atoms with Crippen molar-refractivity contribution < 1.29 is 4.42 Å². The standard InChI is InChI=1S/C10H11BrN2OS/c1-6-4-8(15-10(6)11)9(13-12)7-2-3-14-5-7/h2-5,9,13H,12H2,1H3. The maximum absolute atomic E-state index is 5.56. The Kier molecular flexibility index (Phi) is 3.25. The van der Waals surface area contributed by atoms with E-state index in [0.29, 0.717) is 0 Å². The highest BCUT2D eigenvalue weighted by atomic mass is 79.9. The fourth-order valence-corrected chi connectivity index (χ4v) is 3.07. The van der Waals surface area contributed by atoms with E-state index >= 15 is 0 Å². The number of hydrogen-bond acceptors (Lipinski definition) is 4.